The van der Waals surface area contributed by atoms with Gasteiger partial charge in [-0.3, -0.25) is 10.1 Å². The second-order valence-electron chi connectivity index (χ2n) is 3.30. The quantitative estimate of drug-likeness (QED) is 0.715. The van der Waals surface area contributed by atoms with E-state index < -0.39 is 0 Å². The molecule has 72 valence electrons. The molecule has 2 aromatic rings. The van der Waals surface area contributed by atoms with Gasteiger partial charge in [0.25, 0.3) is 0 Å². The summed E-state index contributed by atoms with van der Waals surface area (Å²) in [6.07, 6.45) is 3.58. The molecule has 14 heavy (non-hydrogen) atoms. The Hall–Kier alpha value is -1.84. The topological polar surface area (TPSA) is 67.6 Å². The van der Waals surface area contributed by atoms with Gasteiger partial charge in [0.2, 0.25) is 0 Å². The van der Waals surface area contributed by atoms with E-state index in [0.717, 1.165) is 22.4 Å². The molecule has 0 radical (unpaired) electrons. The third kappa shape index (κ3) is 1.25. The second kappa shape index (κ2) is 3.14. The van der Waals surface area contributed by atoms with Gasteiger partial charge in [0.05, 0.1) is 5.69 Å². The second-order valence-corrected chi connectivity index (χ2v) is 3.30. The van der Waals surface area contributed by atoms with Gasteiger partial charge in [0.15, 0.2) is 0 Å². The average Bonchev–Trinajstić information content (AvgIpc) is 2.49. The number of nitrogens with one attached hydrogen (secondary N) is 1. The fourth-order valence-electron chi connectivity index (χ4n) is 1.41. The number of rotatable bonds is 1. The Labute approximate surface area is 82.2 Å². The molecule has 3 N–H and O–H groups in total. The minimum Gasteiger partial charge on any atom is -0.384 e. The maximum absolute atomic E-state index is 5.69. The van der Waals surface area contributed by atoms with Crippen LogP contribution in [-0.2, 0) is 0 Å². The van der Waals surface area contributed by atoms with Crippen LogP contribution in [0.2, 0.25) is 0 Å². The van der Waals surface area contributed by atoms with E-state index in [4.69, 9.17) is 5.73 Å². The lowest BCUT2D eigenvalue weighted by Crippen LogP contribution is -1.88. The molecule has 0 fully saturated rings. The first-order valence-electron chi connectivity index (χ1n) is 4.41. The van der Waals surface area contributed by atoms with Gasteiger partial charge in [-0.2, -0.15) is 5.10 Å². The zero-order valence-corrected chi connectivity index (χ0v) is 8.20. The minimum absolute atomic E-state index is 0.621. The monoisotopic (exact) mass is 188 g/mol. The van der Waals surface area contributed by atoms with Gasteiger partial charge in [-0.1, -0.05) is 0 Å². The van der Waals surface area contributed by atoms with E-state index in [-0.39, 0.29) is 0 Å². The molecule has 0 atom stereocenters. The summed E-state index contributed by atoms with van der Waals surface area (Å²) in [5.41, 5.74) is 9.76. The van der Waals surface area contributed by atoms with Crippen LogP contribution >= 0.6 is 0 Å². The summed E-state index contributed by atoms with van der Waals surface area (Å²) in [5.74, 6) is 0.621. The largest absolute Gasteiger partial charge is 0.384 e. The predicted octanol–water partition coefficient (Wildman–Crippen LogP) is 1.67. The molecule has 0 unspecified atom stereocenters. The number of aromatic nitrogens is 3. The lowest BCUT2D eigenvalue weighted by molar-refractivity contribution is 1.10. The molecular weight excluding hydrogens is 176 g/mol. The van der Waals surface area contributed by atoms with Gasteiger partial charge >= 0.3 is 0 Å². The minimum atomic E-state index is 0.621. The first-order valence-corrected chi connectivity index (χ1v) is 4.41. The van der Waals surface area contributed by atoms with Gasteiger partial charge in [-0.25, -0.2) is 0 Å². The number of hydrogen-bond donors (Lipinski definition) is 2. The van der Waals surface area contributed by atoms with Crippen molar-refractivity contribution in [1.29, 1.82) is 0 Å². The Kier molecular flexibility index (Phi) is 1.96. The number of anilines is 1. The van der Waals surface area contributed by atoms with Gasteiger partial charge < -0.3 is 5.73 Å². The molecule has 0 bridgehead atoms. The van der Waals surface area contributed by atoms with Crippen LogP contribution in [0, 0.1) is 13.8 Å². The Balaban J connectivity index is 2.60. The highest BCUT2D eigenvalue weighted by Gasteiger charge is 2.10. The molecule has 0 saturated heterocycles. The summed E-state index contributed by atoms with van der Waals surface area (Å²) in [5, 5.41) is 6.94. The van der Waals surface area contributed by atoms with E-state index >= 15 is 0 Å². The smallest absolute Gasteiger partial charge is 0.122 e. The Morgan fingerprint density at radius 3 is 2.71 bits per heavy atom. The van der Waals surface area contributed by atoms with Crippen LogP contribution in [0.4, 0.5) is 5.82 Å². The molecule has 2 aromatic heterocycles. The highest BCUT2D eigenvalue weighted by atomic mass is 15.2. The number of aryl methyl sites for hydroxylation is 1. The summed E-state index contributed by atoms with van der Waals surface area (Å²) >= 11 is 0. The predicted molar refractivity (Wildman–Crippen MR) is 55.7 cm³/mol. The molecule has 0 aliphatic carbocycles. The molecule has 0 aliphatic heterocycles. The molecule has 4 heteroatoms. The zero-order valence-electron chi connectivity index (χ0n) is 8.20. The number of nitrogens with two attached hydrogens (primary N) is 1. The van der Waals surface area contributed by atoms with Crippen molar-refractivity contribution in [2.45, 2.75) is 13.8 Å². The number of nitrogens with zero attached hydrogens (tertiary/aromatic N) is 2. The van der Waals surface area contributed by atoms with E-state index in [1.54, 1.807) is 6.20 Å². The van der Waals surface area contributed by atoms with Gasteiger partial charge in [0, 0.05) is 23.5 Å². The Morgan fingerprint density at radius 1 is 1.36 bits per heavy atom. The van der Waals surface area contributed by atoms with Crippen molar-refractivity contribution >= 4 is 5.82 Å². The van der Waals surface area contributed by atoms with Crippen molar-refractivity contribution in [1.82, 2.24) is 15.2 Å². The lowest BCUT2D eigenvalue weighted by atomic mass is 10.1. The maximum Gasteiger partial charge on any atom is 0.122 e. The van der Waals surface area contributed by atoms with Gasteiger partial charge in [-0.15, -0.1) is 0 Å². The molecule has 2 heterocycles. The SMILES string of the molecule is Cc1cnccc1-c1n[nH]c(N)c1C. The molecule has 0 spiro atoms. The van der Waals surface area contributed by atoms with Gasteiger partial charge in [0.1, 0.15) is 5.82 Å². The summed E-state index contributed by atoms with van der Waals surface area (Å²) in [6.45, 7) is 3.96. The van der Waals surface area contributed by atoms with Crippen molar-refractivity contribution in [2.24, 2.45) is 0 Å². The van der Waals surface area contributed by atoms with Crippen molar-refractivity contribution < 1.29 is 0 Å². The van der Waals surface area contributed by atoms with Crippen LogP contribution in [-0.4, -0.2) is 15.2 Å². The van der Waals surface area contributed by atoms with Crippen LogP contribution in [0.15, 0.2) is 18.5 Å². The Morgan fingerprint density at radius 2 is 2.14 bits per heavy atom. The molecule has 0 aliphatic rings. The van der Waals surface area contributed by atoms with Gasteiger partial charge in [-0.05, 0) is 25.5 Å². The normalized spacial score (nSPS) is 10.4. The van der Waals surface area contributed by atoms with E-state index in [1.807, 2.05) is 26.1 Å². The van der Waals surface area contributed by atoms with Crippen molar-refractivity contribution in [3.05, 3.63) is 29.6 Å². The van der Waals surface area contributed by atoms with Crippen LogP contribution in [0.5, 0.6) is 0 Å². The summed E-state index contributed by atoms with van der Waals surface area (Å²) < 4.78 is 0. The lowest BCUT2D eigenvalue weighted by Gasteiger charge is -2.01. The number of pyridine rings is 1. The van der Waals surface area contributed by atoms with E-state index in [1.165, 1.54) is 0 Å². The number of aromatic amines is 1. The van der Waals surface area contributed by atoms with E-state index in [9.17, 15) is 0 Å². The molecule has 2 rings (SSSR count). The van der Waals surface area contributed by atoms with Crippen molar-refractivity contribution in [3.8, 4) is 11.3 Å². The number of hydrogen-bond acceptors (Lipinski definition) is 3. The average molecular weight is 188 g/mol. The summed E-state index contributed by atoms with van der Waals surface area (Å²) in [4.78, 5) is 4.04. The molecule has 0 aromatic carbocycles. The van der Waals surface area contributed by atoms with Crippen LogP contribution < -0.4 is 5.73 Å². The number of nitrogen functional groups attached to an aromatic ring is 1. The third-order valence-electron chi connectivity index (χ3n) is 2.32. The molecular formula is C10H12N4. The van der Waals surface area contributed by atoms with Crippen molar-refractivity contribution in [3.63, 3.8) is 0 Å². The zero-order chi connectivity index (χ0) is 10.1. The molecule has 0 saturated carbocycles. The molecule has 4 nitrogen and oxygen atoms in total. The fourth-order valence-corrected chi connectivity index (χ4v) is 1.41. The van der Waals surface area contributed by atoms with E-state index in [2.05, 4.69) is 15.2 Å². The molecule has 0 amide bonds. The first kappa shape index (κ1) is 8.74. The van der Waals surface area contributed by atoms with E-state index in [0.29, 0.717) is 5.82 Å². The summed E-state index contributed by atoms with van der Waals surface area (Å²) in [6, 6.07) is 1.94. The Bertz CT molecular complexity index is 459. The summed E-state index contributed by atoms with van der Waals surface area (Å²) in [7, 11) is 0. The maximum atomic E-state index is 5.69. The fraction of sp³-hybridized carbons (Fsp3) is 0.200. The van der Waals surface area contributed by atoms with Crippen LogP contribution in [0.3, 0.4) is 0 Å². The highest BCUT2D eigenvalue weighted by molar-refractivity contribution is 5.69. The first-order chi connectivity index (χ1) is 6.70. The number of H-pyrrole nitrogens is 1. The van der Waals surface area contributed by atoms with Crippen LogP contribution in [0.1, 0.15) is 11.1 Å². The highest BCUT2D eigenvalue weighted by Crippen LogP contribution is 2.25. The standard InChI is InChI=1S/C10H12N4/c1-6-5-12-4-3-8(6)9-7(2)10(11)14-13-9/h3-5H,1-2H3,(H3,11,13,14). The third-order valence-corrected chi connectivity index (χ3v) is 2.32. The van der Waals surface area contributed by atoms with Crippen LogP contribution in [0.25, 0.3) is 11.3 Å². The van der Waals surface area contributed by atoms with Crippen molar-refractivity contribution in [2.75, 3.05) is 5.73 Å².